The van der Waals surface area contributed by atoms with E-state index in [4.69, 9.17) is 9.47 Å². The minimum Gasteiger partial charge on any atom is -0.493 e. The maximum atomic E-state index is 13.0. The van der Waals surface area contributed by atoms with Crippen molar-refractivity contribution < 1.29 is 19.1 Å². The van der Waals surface area contributed by atoms with Gasteiger partial charge >= 0.3 is 0 Å². The van der Waals surface area contributed by atoms with Crippen LogP contribution < -0.4 is 14.8 Å². The van der Waals surface area contributed by atoms with E-state index < -0.39 is 0 Å². The Balaban J connectivity index is 1.51. The summed E-state index contributed by atoms with van der Waals surface area (Å²) < 4.78 is 10.8. The Morgan fingerprint density at radius 3 is 2.39 bits per heavy atom. The van der Waals surface area contributed by atoms with Crippen LogP contribution in [0.5, 0.6) is 11.5 Å². The van der Waals surface area contributed by atoms with Crippen LogP contribution in [0.1, 0.15) is 36.3 Å². The second-order valence-electron chi connectivity index (χ2n) is 8.46. The highest BCUT2D eigenvalue weighted by Gasteiger charge is 2.39. The molecule has 1 saturated carbocycles. The summed E-state index contributed by atoms with van der Waals surface area (Å²) in [5.41, 5.74) is 2.13. The van der Waals surface area contributed by atoms with Gasteiger partial charge in [0.2, 0.25) is 11.8 Å². The molecular formula is C25H30N2O4. The van der Waals surface area contributed by atoms with Crippen molar-refractivity contribution in [3.8, 4) is 11.5 Å². The second-order valence-corrected chi connectivity index (χ2v) is 8.46. The smallest absolute Gasteiger partial charge is 0.225 e. The average Bonchev–Trinajstić information content (AvgIpc) is 3.67. The average molecular weight is 423 g/mol. The number of carbonyl (C=O) groups excluding carboxylic acids is 2. The van der Waals surface area contributed by atoms with Gasteiger partial charge < -0.3 is 19.7 Å². The third-order valence-corrected chi connectivity index (χ3v) is 6.25. The number of piperidine rings is 1. The van der Waals surface area contributed by atoms with Gasteiger partial charge in [-0.05, 0) is 42.5 Å². The maximum Gasteiger partial charge on any atom is 0.225 e. The molecule has 0 spiro atoms. The summed E-state index contributed by atoms with van der Waals surface area (Å²) in [7, 11) is 3.23. The van der Waals surface area contributed by atoms with Gasteiger partial charge in [0.15, 0.2) is 11.5 Å². The molecule has 0 radical (unpaired) electrons. The van der Waals surface area contributed by atoms with E-state index in [1.165, 1.54) is 0 Å². The number of amides is 2. The molecule has 1 aliphatic heterocycles. The molecule has 6 heteroatoms. The zero-order valence-electron chi connectivity index (χ0n) is 18.2. The lowest BCUT2D eigenvalue weighted by molar-refractivity contribution is -0.137. The fourth-order valence-electron chi connectivity index (χ4n) is 4.34. The highest BCUT2D eigenvalue weighted by molar-refractivity contribution is 5.83. The summed E-state index contributed by atoms with van der Waals surface area (Å²) in [5.74, 6) is 1.49. The molecule has 1 saturated heterocycles. The van der Waals surface area contributed by atoms with Gasteiger partial charge in [-0.2, -0.15) is 0 Å². The fourth-order valence-corrected chi connectivity index (χ4v) is 4.34. The molecule has 4 rings (SSSR count). The van der Waals surface area contributed by atoms with Crippen LogP contribution in [-0.4, -0.2) is 44.0 Å². The molecule has 2 amide bonds. The van der Waals surface area contributed by atoms with E-state index in [1.807, 2.05) is 53.4 Å². The van der Waals surface area contributed by atoms with E-state index in [2.05, 4.69) is 5.32 Å². The van der Waals surface area contributed by atoms with Gasteiger partial charge in [-0.15, -0.1) is 0 Å². The van der Waals surface area contributed by atoms with Gasteiger partial charge in [0.25, 0.3) is 0 Å². The normalized spacial score (nSPS) is 20.8. The molecule has 164 valence electrons. The standard InChI is InChI=1S/C25H30N2O4/c1-30-22-11-10-19(13-23(22)31-2)20-12-21(16-27(15-20)25(29)18-8-9-18)24(28)26-14-17-6-4-3-5-7-17/h3-7,10-11,13,18,20-21H,8-9,12,14-16H2,1-2H3,(H,26,28)/t20-,21+/m0/s1. The predicted molar refractivity (Wildman–Crippen MR) is 118 cm³/mol. The van der Waals surface area contributed by atoms with E-state index >= 15 is 0 Å². The van der Waals surface area contributed by atoms with Crippen LogP contribution in [0.25, 0.3) is 0 Å². The monoisotopic (exact) mass is 422 g/mol. The summed E-state index contributed by atoms with van der Waals surface area (Å²) in [4.78, 5) is 27.8. The molecule has 0 unspecified atom stereocenters. The Labute approximate surface area is 183 Å². The molecule has 2 aliphatic rings. The predicted octanol–water partition coefficient (Wildman–Crippen LogP) is 3.36. The number of nitrogens with zero attached hydrogens (tertiary/aromatic N) is 1. The zero-order chi connectivity index (χ0) is 21.8. The van der Waals surface area contributed by atoms with Gasteiger partial charge in [-0.25, -0.2) is 0 Å². The van der Waals surface area contributed by atoms with Crippen molar-refractivity contribution in [3.05, 3.63) is 59.7 Å². The summed E-state index contributed by atoms with van der Waals surface area (Å²) in [6, 6.07) is 15.7. The topological polar surface area (TPSA) is 67.9 Å². The Hall–Kier alpha value is -3.02. The van der Waals surface area contributed by atoms with E-state index in [1.54, 1.807) is 14.2 Å². The van der Waals surface area contributed by atoms with Crippen molar-refractivity contribution >= 4 is 11.8 Å². The van der Waals surface area contributed by atoms with Gasteiger partial charge in [-0.1, -0.05) is 36.4 Å². The third kappa shape index (κ3) is 5.01. The molecule has 1 aliphatic carbocycles. The molecule has 2 aromatic carbocycles. The SMILES string of the molecule is COc1ccc([C@H]2C[C@@H](C(=O)NCc3ccccc3)CN(C(=O)C3CC3)C2)cc1OC. The van der Waals surface area contributed by atoms with Crippen molar-refractivity contribution in [1.29, 1.82) is 0 Å². The van der Waals surface area contributed by atoms with Gasteiger partial charge in [0, 0.05) is 31.5 Å². The highest BCUT2D eigenvalue weighted by atomic mass is 16.5. The number of likely N-dealkylation sites (tertiary alicyclic amines) is 1. The zero-order valence-corrected chi connectivity index (χ0v) is 18.2. The van der Waals surface area contributed by atoms with Crippen molar-refractivity contribution in [2.45, 2.75) is 31.7 Å². The lowest BCUT2D eigenvalue weighted by Gasteiger charge is -2.37. The van der Waals surface area contributed by atoms with E-state index in [0.717, 1.165) is 24.0 Å². The number of carbonyl (C=O) groups is 2. The summed E-state index contributed by atoms with van der Waals surface area (Å²) in [5, 5.41) is 3.06. The molecule has 2 atom stereocenters. The molecule has 0 bridgehead atoms. The fraction of sp³-hybridized carbons (Fsp3) is 0.440. The number of rotatable bonds is 7. The first-order valence-corrected chi connectivity index (χ1v) is 10.9. The Morgan fingerprint density at radius 2 is 1.71 bits per heavy atom. The van der Waals surface area contributed by atoms with Crippen molar-refractivity contribution in [3.63, 3.8) is 0 Å². The Morgan fingerprint density at radius 1 is 0.968 bits per heavy atom. The molecule has 31 heavy (non-hydrogen) atoms. The Bertz CT molecular complexity index is 926. The van der Waals surface area contributed by atoms with Crippen molar-refractivity contribution in [2.75, 3.05) is 27.3 Å². The van der Waals surface area contributed by atoms with Crippen LogP contribution in [0.3, 0.4) is 0 Å². The molecule has 0 aromatic heterocycles. The van der Waals surface area contributed by atoms with Gasteiger partial charge in [0.1, 0.15) is 0 Å². The number of hydrogen-bond acceptors (Lipinski definition) is 4. The van der Waals surface area contributed by atoms with Crippen LogP contribution in [0.4, 0.5) is 0 Å². The minimum atomic E-state index is -0.238. The first kappa shape index (κ1) is 21.2. The van der Waals surface area contributed by atoms with E-state index in [0.29, 0.717) is 37.6 Å². The summed E-state index contributed by atoms with van der Waals surface area (Å²) >= 11 is 0. The molecule has 1 heterocycles. The van der Waals surface area contributed by atoms with Crippen LogP contribution >= 0.6 is 0 Å². The number of benzene rings is 2. The van der Waals surface area contributed by atoms with Gasteiger partial charge in [0.05, 0.1) is 20.1 Å². The number of hydrogen-bond donors (Lipinski definition) is 1. The quantitative estimate of drug-likeness (QED) is 0.743. The van der Waals surface area contributed by atoms with Crippen molar-refractivity contribution in [1.82, 2.24) is 10.2 Å². The minimum absolute atomic E-state index is 0.00243. The number of ether oxygens (including phenoxy) is 2. The number of nitrogens with one attached hydrogen (secondary N) is 1. The molecule has 2 fully saturated rings. The first-order valence-electron chi connectivity index (χ1n) is 10.9. The van der Waals surface area contributed by atoms with Crippen LogP contribution in [0.15, 0.2) is 48.5 Å². The molecule has 1 N–H and O–H groups in total. The molecule has 6 nitrogen and oxygen atoms in total. The largest absolute Gasteiger partial charge is 0.493 e. The van der Waals surface area contributed by atoms with E-state index in [-0.39, 0.29) is 29.6 Å². The Kier molecular flexibility index (Phi) is 6.44. The highest BCUT2D eigenvalue weighted by Crippen LogP contribution is 2.38. The maximum absolute atomic E-state index is 13.0. The lowest BCUT2D eigenvalue weighted by Crippen LogP contribution is -2.48. The van der Waals surface area contributed by atoms with Gasteiger partial charge in [-0.3, -0.25) is 9.59 Å². The lowest BCUT2D eigenvalue weighted by atomic mass is 9.83. The molecular weight excluding hydrogens is 392 g/mol. The van der Waals surface area contributed by atoms with Crippen molar-refractivity contribution in [2.24, 2.45) is 11.8 Å². The van der Waals surface area contributed by atoms with Crippen LogP contribution in [-0.2, 0) is 16.1 Å². The summed E-state index contributed by atoms with van der Waals surface area (Å²) in [6.07, 6.45) is 2.62. The first-order chi connectivity index (χ1) is 15.1. The van der Waals surface area contributed by atoms with Crippen LogP contribution in [0, 0.1) is 11.8 Å². The molecule has 2 aromatic rings. The third-order valence-electron chi connectivity index (χ3n) is 6.25. The second kappa shape index (κ2) is 9.41. The summed E-state index contributed by atoms with van der Waals surface area (Å²) in [6.45, 7) is 1.61. The van der Waals surface area contributed by atoms with E-state index in [9.17, 15) is 9.59 Å². The van der Waals surface area contributed by atoms with Crippen LogP contribution in [0.2, 0.25) is 0 Å². The number of methoxy groups -OCH3 is 2.